The van der Waals surface area contributed by atoms with Crippen LogP contribution in [-0.2, 0) is 25.4 Å². The molecule has 284 valence electrons. The molecule has 53 heavy (non-hydrogen) atoms. The fourth-order valence-corrected chi connectivity index (χ4v) is 7.64. The summed E-state index contributed by atoms with van der Waals surface area (Å²) in [5, 5.41) is 21.4. The molecule has 2 aliphatic heterocycles. The number of anilines is 2. The maximum Gasteiger partial charge on any atom is 0.291 e. The van der Waals surface area contributed by atoms with Gasteiger partial charge in [-0.15, -0.1) is 11.6 Å². The predicted octanol–water partition coefficient (Wildman–Crippen LogP) is 4.11. The Hall–Kier alpha value is -4.75. The molecule has 2 aromatic carbocycles. The number of nitrogens with zero attached hydrogens (tertiary/aromatic N) is 8. The maximum atomic E-state index is 12.6. The highest BCUT2D eigenvalue weighted by molar-refractivity contribution is 7.92. The third-order valence-electron chi connectivity index (χ3n) is 8.40. The first-order chi connectivity index (χ1) is 25.2. The van der Waals surface area contributed by atoms with Crippen LogP contribution in [0.3, 0.4) is 0 Å². The van der Waals surface area contributed by atoms with E-state index in [1.54, 1.807) is 48.5 Å². The SMILES string of the molecule is CN1CCN(c2ccc([N+](=O)[O-])c(CS(=O)(=O)c3ccccc3)n2)CC1.CN1CCN(c2ccc([N+](=O)[O-])cn2)CC1.O=S(=O)(CCl)c1ccccc1. The zero-order chi connectivity index (χ0) is 38.6. The number of piperazine rings is 2. The maximum absolute atomic E-state index is 12.6. The molecule has 2 saturated heterocycles. The van der Waals surface area contributed by atoms with Crippen LogP contribution in [0.5, 0.6) is 0 Å². The lowest BCUT2D eigenvalue weighted by Crippen LogP contribution is -2.44. The van der Waals surface area contributed by atoms with Crippen LogP contribution in [0.25, 0.3) is 0 Å². The number of aromatic nitrogens is 2. The molecule has 0 unspecified atom stereocenters. The van der Waals surface area contributed by atoms with E-state index in [9.17, 15) is 37.1 Å². The Labute approximate surface area is 313 Å². The van der Waals surface area contributed by atoms with Gasteiger partial charge in [0.15, 0.2) is 19.7 Å². The molecule has 0 radical (unpaired) electrons. The molecule has 0 atom stereocenters. The van der Waals surface area contributed by atoms with Crippen LogP contribution in [0.15, 0.2) is 101 Å². The van der Waals surface area contributed by atoms with Crippen LogP contribution >= 0.6 is 11.6 Å². The van der Waals surface area contributed by atoms with Gasteiger partial charge in [0.2, 0.25) is 0 Å². The van der Waals surface area contributed by atoms with Gasteiger partial charge in [0.05, 0.1) is 19.6 Å². The fraction of sp³-hybridized carbons (Fsp3) is 0.353. The van der Waals surface area contributed by atoms with Crippen molar-refractivity contribution in [1.82, 2.24) is 19.8 Å². The molecule has 6 rings (SSSR count). The molecule has 2 fully saturated rings. The molecule has 0 saturated carbocycles. The van der Waals surface area contributed by atoms with Gasteiger partial charge >= 0.3 is 0 Å². The van der Waals surface area contributed by atoms with E-state index in [1.807, 2.05) is 11.9 Å². The van der Waals surface area contributed by atoms with Crippen LogP contribution in [0, 0.1) is 20.2 Å². The molecular formula is C34H41ClN8O8S2. The second-order valence-corrected chi connectivity index (χ2v) is 16.8. The minimum atomic E-state index is -3.72. The number of hydrogen-bond acceptors (Lipinski definition) is 14. The molecule has 16 nitrogen and oxygen atoms in total. The van der Waals surface area contributed by atoms with E-state index in [0.29, 0.717) is 5.82 Å². The largest absolute Gasteiger partial charge is 0.354 e. The van der Waals surface area contributed by atoms with Gasteiger partial charge < -0.3 is 19.6 Å². The van der Waals surface area contributed by atoms with E-state index in [2.05, 4.69) is 31.7 Å². The summed E-state index contributed by atoms with van der Waals surface area (Å²) in [6.07, 6.45) is 1.31. The third kappa shape index (κ3) is 11.9. The summed E-state index contributed by atoms with van der Waals surface area (Å²) < 4.78 is 47.4. The molecule has 0 N–H and O–H groups in total. The lowest BCUT2D eigenvalue weighted by Gasteiger charge is -2.33. The van der Waals surface area contributed by atoms with Gasteiger partial charge in [-0.2, -0.15) is 0 Å². The molecule has 0 aliphatic carbocycles. The molecular weight excluding hydrogens is 748 g/mol. The Morgan fingerprint density at radius 3 is 1.55 bits per heavy atom. The molecule has 4 aromatic rings. The summed E-state index contributed by atoms with van der Waals surface area (Å²) in [7, 11) is -2.84. The van der Waals surface area contributed by atoms with Gasteiger partial charge in [-0.3, -0.25) is 20.2 Å². The average molecular weight is 789 g/mol. The van der Waals surface area contributed by atoms with E-state index >= 15 is 0 Å². The number of hydrogen-bond donors (Lipinski definition) is 0. The Morgan fingerprint density at radius 2 is 1.11 bits per heavy atom. The summed E-state index contributed by atoms with van der Waals surface area (Å²) in [6.45, 7) is 7.03. The zero-order valence-corrected chi connectivity index (χ0v) is 31.7. The lowest BCUT2D eigenvalue weighted by molar-refractivity contribution is -0.385. The quantitative estimate of drug-likeness (QED) is 0.134. The number of pyridine rings is 2. The number of benzene rings is 2. The molecule has 19 heteroatoms. The zero-order valence-electron chi connectivity index (χ0n) is 29.3. The molecule has 2 aromatic heterocycles. The minimum absolute atomic E-state index is 0.0321. The molecule has 2 aliphatic rings. The molecule has 0 spiro atoms. The van der Waals surface area contributed by atoms with Gasteiger partial charge in [-0.1, -0.05) is 36.4 Å². The van der Waals surface area contributed by atoms with Gasteiger partial charge in [0.25, 0.3) is 11.4 Å². The Kier molecular flexibility index (Phi) is 14.6. The van der Waals surface area contributed by atoms with Crippen LogP contribution in [0.2, 0.25) is 0 Å². The third-order valence-corrected chi connectivity index (χ3v) is 12.2. The summed E-state index contributed by atoms with van der Waals surface area (Å²) in [6, 6.07) is 22.2. The molecule has 0 amide bonds. The van der Waals surface area contributed by atoms with Gasteiger partial charge in [0.1, 0.15) is 34.5 Å². The summed E-state index contributed by atoms with van der Waals surface area (Å²) in [4.78, 5) is 38.2. The second-order valence-electron chi connectivity index (χ2n) is 12.2. The van der Waals surface area contributed by atoms with Crippen LogP contribution in [0.1, 0.15) is 5.69 Å². The average Bonchev–Trinajstić information content (AvgIpc) is 3.16. The monoisotopic (exact) mass is 788 g/mol. The van der Waals surface area contributed by atoms with Crippen molar-refractivity contribution in [2.24, 2.45) is 0 Å². The first kappa shape index (κ1) is 41.0. The van der Waals surface area contributed by atoms with E-state index in [-0.39, 0.29) is 32.1 Å². The first-order valence-electron chi connectivity index (χ1n) is 16.4. The first-order valence-corrected chi connectivity index (χ1v) is 20.3. The van der Waals surface area contributed by atoms with Crippen LogP contribution in [-0.4, -0.2) is 118 Å². The topological polar surface area (TPSA) is 193 Å². The lowest BCUT2D eigenvalue weighted by atomic mass is 10.2. The normalized spacial score (nSPS) is 15.4. The number of alkyl halides is 1. The van der Waals surface area contributed by atoms with Crippen LogP contribution in [0.4, 0.5) is 23.0 Å². The van der Waals surface area contributed by atoms with Crippen molar-refractivity contribution in [3.8, 4) is 0 Å². The van der Waals surface area contributed by atoms with Crippen LogP contribution < -0.4 is 9.80 Å². The summed E-state index contributed by atoms with van der Waals surface area (Å²) in [5.74, 6) is 0.884. The highest BCUT2D eigenvalue weighted by Gasteiger charge is 2.26. The number of halogens is 1. The summed E-state index contributed by atoms with van der Waals surface area (Å²) >= 11 is 5.24. The summed E-state index contributed by atoms with van der Waals surface area (Å²) in [5.41, 5.74) is -0.268. The van der Waals surface area contributed by atoms with E-state index in [4.69, 9.17) is 11.6 Å². The Bertz CT molecular complexity index is 2030. The minimum Gasteiger partial charge on any atom is -0.354 e. The van der Waals surface area contributed by atoms with Crippen molar-refractivity contribution in [2.45, 2.75) is 15.5 Å². The van der Waals surface area contributed by atoms with Crippen molar-refractivity contribution in [2.75, 3.05) is 81.5 Å². The van der Waals surface area contributed by atoms with Gasteiger partial charge in [-0.05, 0) is 50.5 Å². The standard InChI is InChI=1S/C17H20N4O4S.C10H14N4O2.C7H7ClO2S/c1-19-9-11-20(12-10-19)17-8-7-16(21(22)23)15(18-17)13-26(24,25)14-5-3-2-4-6-14;1-12-4-6-13(7-5-12)10-3-2-9(8-11-10)14(15)16;8-6-11(9,10)7-4-2-1-3-5-7/h2-8H,9-13H2,1H3;2-3,8H,4-7H2,1H3;1-5H,6H2. The second kappa shape index (κ2) is 18.8. The smallest absolute Gasteiger partial charge is 0.291 e. The van der Waals surface area contributed by atoms with Crippen molar-refractivity contribution in [1.29, 1.82) is 0 Å². The number of likely N-dealkylation sites (N-methyl/N-ethyl adjacent to an activating group) is 2. The van der Waals surface area contributed by atoms with E-state index in [1.165, 1.54) is 42.6 Å². The fourth-order valence-electron chi connectivity index (χ4n) is 5.26. The Morgan fingerprint density at radius 1 is 0.642 bits per heavy atom. The van der Waals surface area contributed by atoms with E-state index < -0.39 is 35.3 Å². The van der Waals surface area contributed by atoms with Gasteiger partial charge in [0, 0.05) is 64.5 Å². The number of rotatable bonds is 9. The van der Waals surface area contributed by atoms with Crippen molar-refractivity contribution in [3.05, 3.63) is 117 Å². The van der Waals surface area contributed by atoms with Crippen molar-refractivity contribution in [3.63, 3.8) is 0 Å². The van der Waals surface area contributed by atoms with E-state index in [0.717, 1.165) is 58.2 Å². The predicted molar refractivity (Wildman–Crippen MR) is 203 cm³/mol. The number of sulfone groups is 2. The Balaban J connectivity index is 0.000000197. The van der Waals surface area contributed by atoms with Gasteiger partial charge in [-0.25, -0.2) is 26.8 Å². The highest BCUT2D eigenvalue weighted by atomic mass is 35.5. The molecule has 0 bridgehead atoms. The van der Waals surface area contributed by atoms with Crippen molar-refractivity contribution >= 4 is 54.3 Å². The number of nitro groups is 2. The van der Waals surface area contributed by atoms with Crippen molar-refractivity contribution < 1.29 is 26.7 Å². The highest BCUT2D eigenvalue weighted by Crippen LogP contribution is 2.26. The molecule has 4 heterocycles.